The molecule has 0 saturated carbocycles. The molecule has 1 rings (SSSR count). The highest BCUT2D eigenvalue weighted by Crippen LogP contribution is 1.97. The fraction of sp³-hybridized carbons (Fsp3) is 0.273. The second-order valence-electron chi connectivity index (χ2n) is 2.53. The molecule has 0 radical (unpaired) electrons. The van der Waals surface area contributed by atoms with E-state index < -0.39 is 0 Å². The van der Waals surface area contributed by atoms with E-state index in [1.807, 2.05) is 0 Å². The lowest BCUT2D eigenvalue weighted by molar-refractivity contribution is 1.04. The molecule has 0 bridgehead atoms. The third-order valence-corrected chi connectivity index (χ3v) is 1.54. The van der Waals surface area contributed by atoms with Crippen LogP contribution in [0.2, 0.25) is 0 Å². The molecular formula is C11H14. The molecule has 0 amide bonds. The minimum Gasteiger partial charge on any atom is -0.0879 e. The van der Waals surface area contributed by atoms with E-state index in [-0.39, 0.29) is 0 Å². The zero-order chi connectivity index (χ0) is 7.78. The Hall–Kier alpha value is -1.04. The molecule has 0 fully saturated rings. The van der Waals surface area contributed by atoms with Crippen LogP contribution in [0.3, 0.4) is 0 Å². The Morgan fingerprint density at radius 2 is 1.27 bits per heavy atom. The molecule has 1 aliphatic rings. The normalized spacial score (nSPS) is 24.0. The summed E-state index contributed by atoms with van der Waals surface area (Å²) in [5.74, 6) is 0. The van der Waals surface area contributed by atoms with Gasteiger partial charge in [0.25, 0.3) is 0 Å². The molecule has 0 spiro atoms. The molecule has 0 saturated heterocycles. The predicted octanol–water partition coefficient (Wildman–Crippen LogP) is 3.40. The maximum Gasteiger partial charge on any atom is -0.0166 e. The molecule has 0 heterocycles. The third-order valence-electron chi connectivity index (χ3n) is 1.54. The van der Waals surface area contributed by atoms with Gasteiger partial charge in [-0.2, -0.15) is 0 Å². The van der Waals surface area contributed by atoms with Crippen molar-refractivity contribution in [2.45, 2.75) is 19.3 Å². The number of hydrogen-bond donors (Lipinski definition) is 0. The van der Waals surface area contributed by atoms with Gasteiger partial charge >= 0.3 is 0 Å². The molecule has 0 nitrogen and oxygen atoms in total. The van der Waals surface area contributed by atoms with E-state index in [0.29, 0.717) is 0 Å². The number of allylic oxidation sites excluding steroid dienone is 8. The molecule has 0 atom stereocenters. The first-order chi connectivity index (χ1) is 5.50. The fourth-order valence-electron chi connectivity index (χ4n) is 0.945. The second kappa shape index (κ2) is 5.72. The van der Waals surface area contributed by atoms with Crippen LogP contribution in [0.25, 0.3) is 0 Å². The van der Waals surface area contributed by atoms with Gasteiger partial charge in [0.15, 0.2) is 0 Å². The maximum atomic E-state index is 2.24. The van der Waals surface area contributed by atoms with Gasteiger partial charge in [-0.25, -0.2) is 0 Å². The lowest BCUT2D eigenvalue weighted by atomic mass is 10.2. The summed E-state index contributed by atoms with van der Waals surface area (Å²) in [6.07, 6.45) is 20.5. The Morgan fingerprint density at radius 3 is 2.18 bits per heavy atom. The minimum absolute atomic E-state index is 1.06. The van der Waals surface area contributed by atoms with Gasteiger partial charge in [0, 0.05) is 0 Å². The van der Waals surface area contributed by atoms with Gasteiger partial charge in [-0.3, -0.25) is 0 Å². The van der Waals surface area contributed by atoms with Gasteiger partial charge in [-0.15, -0.1) is 0 Å². The van der Waals surface area contributed by atoms with Crippen molar-refractivity contribution < 1.29 is 0 Å². The summed E-state index contributed by atoms with van der Waals surface area (Å²) >= 11 is 0. The lowest BCUT2D eigenvalue weighted by Gasteiger charge is -1.83. The van der Waals surface area contributed by atoms with E-state index in [0.717, 1.165) is 19.3 Å². The summed E-state index contributed by atoms with van der Waals surface area (Å²) in [4.78, 5) is 0. The number of hydrogen-bond acceptors (Lipinski definition) is 0. The first kappa shape index (κ1) is 8.06. The third kappa shape index (κ3) is 4.38. The summed E-state index contributed by atoms with van der Waals surface area (Å²) in [6.45, 7) is 0. The van der Waals surface area contributed by atoms with Crippen molar-refractivity contribution in [3.63, 3.8) is 0 Å². The van der Waals surface area contributed by atoms with Gasteiger partial charge in [0.05, 0.1) is 0 Å². The average molecular weight is 146 g/mol. The van der Waals surface area contributed by atoms with Crippen molar-refractivity contribution in [1.82, 2.24) is 0 Å². The van der Waals surface area contributed by atoms with Crippen LogP contribution in [0.15, 0.2) is 48.6 Å². The van der Waals surface area contributed by atoms with Crippen LogP contribution in [-0.2, 0) is 0 Å². The molecule has 0 aromatic rings. The van der Waals surface area contributed by atoms with Crippen LogP contribution < -0.4 is 0 Å². The highest BCUT2D eigenvalue weighted by molar-refractivity contribution is 5.12. The summed E-state index contributed by atoms with van der Waals surface area (Å²) in [5.41, 5.74) is 0. The van der Waals surface area contributed by atoms with E-state index >= 15 is 0 Å². The monoisotopic (exact) mass is 146 g/mol. The minimum atomic E-state index is 1.06. The zero-order valence-corrected chi connectivity index (χ0v) is 6.74. The van der Waals surface area contributed by atoms with E-state index in [4.69, 9.17) is 0 Å². The van der Waals surface area contributed by atoms with Crippen LogP contribution >= 0.6 is 0 Å². The summed E-state index contributed by atoms with van der Waals surface area (Å²) in [7, 11) is 0. The summed E-state index contributed by atoms with van der Waals surface area (Å²) in [6, 6.07) is 0. The van der Waals surface area contributed by atoms with Crippen molar-refractivity contribution in [2.24, 2.45) is 0 Å². The van der Waals surface area contributed by atoms with E-state index in [2.05, 4.69) is 48.6 Å². The first-order valence-corrected chi connectivity index (χ1v) is 4.13. The van der Waals surface area contributed by atoms with Crippen molar-refractivity contribution in [3.8, 4) is 0 Å². The lowest BCUT2D eigenvalue weighted by Crippen LogP contribution is -1.63. The smallest absolute Gasteiger partial charge is 0.0166 e. The van der Waals surface area contributed by atoms with Crippen molar-refractivity contribution in [3.05, 3.63) is 48.6 Å². The molecule has 0 N–H and O–H groups in total. The molecule has 1 aliphatic carbocycles. The average Bonchev–Trinajstić information content (AvgIpc) is 2.08. The van der Waals surface area contributed by atoms with Gasteiger partial charge in [0.2, 0.25) is 0 Å². The maximum absolute atomic E-state index is 2.24. The van der Waals surface area contributed by atoms with Crippen molar-refractivity contribution in [1.29, 1.82) is 0 Å². The Labute approximate surface area is 68.6 Å². The highest BCUT2D eigenvalue weighted by atomic mass is 13.8. The second-order valence-corrected chi connectivity index (χ2v) is 2.53. The number of rotatable bonds is 0. The standard InChI is InChI=1S/C11H14/c1-2-4-6-8-10-11-9-7-5-3-1/h1-6,9,11H,7-8,10H2/b2-1?,5-3?,6-4+,11-9-. The van der Waals surface area contributed by atoms with Crippen molar-refractivity contribution >= 4 is 0 Å². The van der Waals surface area contributed by atoms with E-state index in [1.54, 1.807) is 0 Å². The van der Waals surface area contributed by atoms with Crippen LogP contribution in [0.4, 0.5) is 0 Å². The summed E-state index contributed by atoms with van der Waals surface area (Å²) in [5, 5.41) is 0. The Kier molecular flexibility index (Phi) is 4.19. The molecule has 0 heteroatoms. The SMILES string of the molecule is C1=C/C=C/CC/C=C\CC=C1. The quantitative estimate of drug-likeness (QED) is 0.459. The summed E-state index contributed by atoms with van der Waals surface area (Å²) < 4.78 is 0. The topological polar surface area (TPSA) is 0 Å². The predicted molar refractivity (Wildman–Crippen MR) is 50.4 cm³/mol. The highest BCUT2D eigenvalue weighted by Gasteiger charge is 1.76. The van der Waals surface area contributed by atoms with Crippen LogP contribution in [-0.4, -0.2) is 0 Å². The molecule has 0 aliphatic heterocycles. The van der Waals surface area contributed by atoms with Gasteiger partial charge < -0.3 is 0 Å². The van der Waals surface area contributed by atoms with Gasteiger partial charge in [-0.1, -0.05) is 48.6 Å². The molecule has 11 heavy (non-hydrogen) atoms. The molecular weight excluding hydrogens is 132 g/mol. The molecule has 58 valence electrons. The Bertz CT molecular complexity index is 192. The molecule has 0 unspecified atom stereocenters. The van der Waals surface area contributed by atoms with E-state index in [9.17, 15) is 0 Å². The largest absolute Gasteiger partial charge is 0.0879 e. The molecule has 0 aromatic heterocycles. The van der Waals surface area contributed by atoms with Gasteiger partial charge in [-0.05, 0) is 19.3 Å². The van der Waals surface area contributed by atoms with Crippen LogP contribution in [0.1, 0.15) is 19.3 Å². The van der Waals surface area contributed by atoms with Crippen LogP contribution in [0, 0.1) is 0 Å². The zero-order valence-electron chi connectivity index (χ0n) is 6.74. The van der Waals surface area contributed by atoms with Crippen molar-refractivity contribution in [2.75, 3.05) is 0 Å². The van der Waals surface area contributed by atoms with Gasteiger partial charge in [0.1, 0.15) is 0 Å². The molecule has 0 aromatic carbocycles. The Morgan fingerprint density at radius 1 is 0.545 bits per heavy atom. The Balaban J connectivity index is 2.47. The first-order valence-electron chi connectivity index (χ1n) is 4.13. The van der Waals surface area contributed by atoms with E-state index in [1.165, 1.54) is 0 Å². The fourth-order valence-corrected chi connectivity index (χ4v) is 0.945. The van der Waals surface area contributed by atoms with Crippen LogP contribution in [0.5, 0.6) is 0 Å².